The zero-order chi connectivity index (χ0) is 14.5. The Bertz CT molecular complexity index is 467. The second-order valence-electron chi connectivity index (χ2n) is 6.57. The van der Waals surface area contributed by atoms with Crippen LogP contribution in [0.25, 0.3) is 0 Å². The summed E-state index contributed by atoms with van der Waals surface area (Å²) in [5, 5.41) is 0. The van der Waals surface area contributed by atoms with Crippen LogP contribution < -0.4 is 5.46 Å². The first-order chi connectivity index (χ1) is 8.53. The largest absolute Gasteiger partial charge is 0.496 e. The first-order valence-electron chi connectivity index (χ1n) is 6.53. The maximum absolute atomic E-state index is 14.0. The van der Waals surface area contributed by atoms with Crippen LogP contribution in [0.15, 0.2) is 18.5 Å². The van der Waals surface area contributed by atoms with Crippen molar-refractivity contribution in [2.45, 2.75) is 58.4 Å². The number of halogens is 1. The van der Waals surface area contributed by atoms with E-state index in [2.05, 4.69) is 4.98 Å². The molecule has 0 bridgehead atoms. The third kappa shape index (κ3) is 2.67. The lowest BCUT2D eigenvalue weighted by atomic mass is 9.79. The van der Waals surface area contributed by atoms with Gasteiger partial charge in [0, 0.05) is 23.4 Å². The molecular weight excluding hydrogens is 244 g/mol. The summed E-state index contributed by atoms with van der Waals surface area (Å²) in [4.78, 5) is 4.09. The zero-order valence-electron chi connectivity index (χ0n) is 12.5. The highest BCUT2D eigenvalue weighted by molar-refractivity contribution is 6.62. The smallest absolute Gasteiger partial charge is 0.399 e. The van der Waals surface area contributed by atoms with Crippen LogP contribution in [-0.4, -0.2) is 23.3 Å². The van der Waals surface area contributed by atoms with E-state index in [1.54, 1.807) is 12.3 Å². The molecule has 1 aromatic heterocycles. The van der Waals surface area contributed by atoms with E-state index in [1.165, 1.54) is 20.0 Å². The van der Waals surface area contributed by atoms with Crippen molar-refractivity contribution < 1.29 is 13.7 Å². The van der Waals surface area contributed by atoms with E-state index < -0.39 is 24.0 Å². The Morgan fingerprint density at radius 1 is 1.11 bits per heavy atom. The Morgan fingerprint density at radius 3 is 2.11 bits per heavy atom. The minimum absolute atomic E-state index is 0.404. The third-order valence-corrected chi connectivity index (χ3v) is 3.97. The fourth-order valence-corrected chi connectivity index (χ4v) is 1.89. The molecule has 1 fully saturated rings. The molecule has 1 aliphatic rings. The zero-order valence-corrected chi connectivity index (χ0v) is 12.5. The van der Waals surface area contributed by atoms with Crippen LogP contribution >= 0.6 is 0 Å². The molecule has 0 unspecified atom stereocenters. The summed E-state index contributed by atoms with van der Waals surface area (Å²) in [5.41, 5.74) is -0.952. The summed E-state index contributed by atoms with van der Waals surface area (Å²) >= 11 is 0. The molecular formula is C14H21BFNO2. The molecule has 0 spiro atoms. The van der Waals surface area contributed by atoms with Gasteiger partial charge >= 0.3 is 7.12 Å². The van der Waals surface area contributed by atoms with Crippen molar-refractivity contribution in [2.24, 2.45) is 0 Å². The van der Waals surface area contributed by atoms with E-state index in [-0.39, 0.29) is 0 Å². The van der Waals surface area contributed by atoms with Crippen molar-refractivity contribution in [3.8, 4) is 0 Å². The fourth-order valence-electron chi connectivity index (χ4n) is 1.89. The molecule has 2 rings (SSSR count). The number of hydrogen-bond acceptors (Lipinski definition) is 3. The highest BCUT2D eigenvalue weighted by Crippen LogP contribution is 2.36. The minimum atomic E-state index is -1.42. The average Bonchev–Trinajstić information content (AvgIpc) is 2.47. The molecule has 0 aliphatic carbocycles. The van der Waals surface area contributed by atoms with Gasteiger partial charge in [0.15, 0.2) is 0 Å². The quantitative estimate of drug-likeness (QED) is 0.770. The molecule has 0 amide bonds. The summed E-state index contributed by atoms with van der Waals surface area (Å²) in [7, 11) is -0.500. The average molecular weight is 265 g/mol. The number of rotatable bonds is 2. The molecule has 0 saturated carbocycles. The molecule has 0 N–H and O–H groups in total. The summed E-state index contributed by atoms with van der Waals surface area (Å²) in [6, 6.07) is 1.76. The lowest BCUT2D eigenvalue weighted by Crippen LogP contribution is -2.41. The first-order valence-corrected chi connectivity index (χ1v) is 6.53. The molecule has 3 nitrogen and oxygen atoms in total. The van der Waals surface area contributed by atoms with Crippen LogP contribution in [0.5, 0.6) is 0 Å². The van der Waals surface area contributed by atoms with Gasteiger partial charge in [0.25, 0.3) is 0 Å². The van der Waals surface area contributed by atoms with Crippen molar-refractivity contribution >= 4 is 12.6 Å². The first kappa shape index (κ1) is 14.5. The van der Waals surface area contributed by atoms with E-state index in [0.717, 1.165) is 5.46 Å². The number of aromatic nitrogens is 1. The van der Waals surface area contributed by atoms with Gasteiger partial charge in [0.05, 0.1) is 11.2 Å². The van der Waals surface area contributed by atoms with Gasteiger partial charge in [-0.3, -0.25) is 4.98 Å². The Balaban J connectivity index is 2.30. The molecule has 1 saturated heterocycles. The van der Waals surface area contributed by atoms with E-state index in [9.17, 15) is 4.39 Å². The molecule has 0 atom stereocenters. The number of nitrogens with zero attached hydrogens (tertiary/aromatic N) is 1. The molecule has 2 heterocycles. The SMILES string of the molecule is CC(C)(F)c1cncc(B2OC(C)(C)C(C)(C)O2)c1. The predicted molar refractivity (Wildman–Crippen MR) is 74.1 cm³/mol. The standard InChI is InChI=1S/C14H21BFNO2/c1-12(2,16)10-7-11(9-17-8-10)15-18-13(3,4)14(5,6)19-15/h7-9H,1-6H3. The molecule has 0 aromatic carbocycles. The number of alkyl halides is 1. The van der Waals surface area contributed by atoms with Gasteiger partial charge in [-0.05, 0) is 41.5 Å². The highest BCUT2D eigenvalue weighted by Gasteiger charge is 2.51. The van der Waals surface area contributed by atoms with Crippen LogP contribution in [-0.2, 0) is 15.0 Å². The highest BCUT2D eigenvalue weighted by atomic mass is 19.1. The second-order valence-corrected chi connectivity index (χ2v) is 6.57. The second kappa shape index (κ2) is 4.28. The van der Waals surface area contributed by atoms with Gasteiger partial charge in [0.2, 0.25) is 0 Å². The predicted octanol–water partition coefficient (Wildman–Crippen LogP) is 2.59. The van der Waals surface area contributed by atoms with Crippen LogP contribution in [0, 0.1) is 0 Å². The summed E-state index contributed by atoms with van der Waals surface area (Å²) in [6.07, 6.45) is 3.20. The van der Waals surface area contributed by atoms with E-state index >= 15 is 0 Å². The van der Waals surface area contributed by atoms with E-state index in [0.29, 0.717) is 5.56 Å². The Kier molecular flexibility index (Phi) is 3.26. The van der Waals surface area contributed by atoms with Crippen LogP contribution in [0.2, 0.25) is 0 Å². The lowest BCUT2D eigenvalue weighted by molar-refractivity contribution is 0.00578. The maximum Gasteiger partial charge on any atom is 0.496 e. The van der Waals surface area contributed by atoms with Gasteiger partial charge in [0.1, 0.15) is 5.67 Å². The molecule has 1 aromatic rings. The Labute approximate surface area is 114 Å². The Morgan fingerprint density at radius 2 is 1.63 bits per heavy atom. The molecule has 0 radical (unpaired) electrons. The van der Waals surface area contributed by atoms with Gasteiger partial charge in [-0.15, -0.1) is 0 Å². The topological polar surface area (TPSA) is 31.4 Å². The maximum atomic E-state index is 14.0. The number of hydrogen-bond donors (Lipinski definition) is 0. The third-order valence-electron chi connectivity index (χ3n) is 3.97. The van der Waals surface area contributed by atoms with Crippen LogP contribution in [0.4, 0.5) is 4.39 Å². The van der Waals surface area contributed by atoms with Gasteiger partial charge in [-0.1, -0.05) is 6.07 Å². The summed E-state index contributed by atoms with van der Waals surface area (Å²) < 4.78 is 25.8. The van der Waals surface area contributed by atoms with Crippen molar-refractivity contribution in [1.82, 2.24) is 4.98 Å². The van der Waals surface area contributed by atoms with E-state index in [4.69, 9.17) is 9.31 Å². The van der Waals surface area contributed by atoms with Crippen LogP contribution in [0.3, 0.4) is 0 Å². The summed E-state index contributed by atoms with van der Waals surface area (Å²) in [5.74, 6) is 0. The monoisotopic (exact) mass is 265 g/mol. The number of pyridine rings is 1. The molecule has 104 valence electrons. The van der Waals surface area contributed by atoms with Gasteiger partial charge in [-0.25, -0.2) is 4.39 Å². The molecule has 19 heavy (non-hydrogen) atoms. The summed E-state index contributed by atoms with van der Waals surface area (Å²) in [6.45, 7) is 11.0. The lowest BCUT2D eigenvalue weighted by Gasteiger charge is -2.32. The van der Waals surface area contributed by atoms with Gasteiger partial charge < -0.3 is 9.31 Å². The fraction of sp³-hybridized carbons (Fsp3) is 0.643. The van der Waals surface area contributed by atoms with Crippen molar-refractivity contribution in [3.63, 3.8) is 0 Å². The normalized spacial score (nSPS) is 21.7. The van der Waals surface area contributed by atoms with E-state index in [1.807, 2.05) is 27.7 Å². The van der Waals surface area contributed by atoms with Crippen molar-refractivity contribution in [2.75, 3.05) is 0 Å². The van der Waals surface area contributed by atoms with Crippen molar-refractivity contribution in [1.29, 1.82) is 0 Å². The van der Waals surface area contributed by atoms with Crippen molar-refractivity contribution in [3.05, 3.63) is 24.0 Å². The Hall–Kier alpha value is -0.935. The minimum Gasteiger partial charge on any atom is -0.399 e. The van der Waals surface area contributed by atoms with Crippen LogP contribution in [0.1, 0.15) is 47.1 Å². The molecule has 5 heteroatoms. The van der Waals surface area contributed by atoms with Gasteiger partial charge in [-0.2, -0.15) is 0 Å². The molecule has 1 aliphatic heterocycles.